The summed E-state index contributed by atoms with van der Waals surface area (Å²) in [5.41, 5.74) is 1.73. The van der Waals surface area contributed by atoms with Gasteiger partial charge in [0.15, 0.2) is 0 Å². The Morgan fingerprint density at radius 1 is 1.20 bits per heavy atom. The Morgan fingerprint density at radius 3 is 2.60 bits per heavy atom. The van der Waals surface area contributed by atoms with E-state index < -0.39 is 11.7 Å². The van der Waals surface area contributed by atoms with Crippen molar-refractivity contribution < 1.29 is 13.2 Å². The van der Waals surface area contributed by atoms with Gasteiger partial charge in [-0.2, -0.15) is 18.2 Å². The summed E-state index contributed by atoms with van der Waals surface area (Å²) in [6, 6.07) is 4.80. The second kappa shape index (κ2) is 5.63. The van der Waals surface area contributed by atoms with E-state index in [0.717, 1.165) is 12.1 Å². The number of nitrogen functional groups attached to an aromatic ring is 1. The van der Waals surface area contributed by atoms with Crippen LogP contribution in [0.2, 0.25) is 0 Å². The summed E-state index contributed by atoms with van der Waals surface area (Å²) in [5.74, 6) is 5.63. The molecular formula is C11H9BrF3N5. The van der Waals surface area contributed by atoms with Crippen LogP contribution in [-0.2, 0) is 6.18 Å². The molecule has 20 heavy (non-hydrogen) atoms. The third kappa shape index (κ3) is 3.36. The minimum Gasteiger partial charge on any atom is -0.339 e. The number of halogens is 4. The van der Waals surface area contributed by atoms with E-state index in [1.807, 2.05) is 0 Å². The summed E-state index contributed by atoms with van der Waals surface area (Å²) in [6.07, 6.45) is -2.99. The molecule has 9 heteroatoms. The molecular weight excluding hydrogens is 339 g/mol. The number of nitrogens with one attached hydrogen (secondary N) is 2. The van der Waals surface area contributed by atoms with Crippen molar-refractivity contribution in [1.29, 1.82) is 0 Å². The van der Waals surface area contributed by atoms with Crippen molar-refractivity contribution in [3.63, 3.8) is 0 Å². The van der Waals surface area contributed by atoms with Gasteiger partial charge in [-0.25, -0.2) is 10.8 Å². The van der Waals surface area contributed by atoms with E-state index in [9.17, 15) is 13.2 Å². The molecule has 2 aromatic rings. The topological polar surface area (TPSA) is 75.9 Å². The molecule has 0 atom stereocenters. The van der Waals surface area contributed by atoms with Gasteiger partial charge in [0.1, 0.15) is 5.82 Å². The monoisotopic (exact) mass is 347 g/mol. The molecule has 0 saturated carbocycles. The number of rotatable bonds is 3. The molecule has 0 unspecified atom stereocenters. The van der Waals surface area contributed by atoms with Crippen molar-refractivity contribution in [3.05, 3.63) is 40.5 Å². The maximum absolute atomic E-state index is 12.7. The Kier molecular flexibility index (Phi) is 4.09. The van der Waals surface area contributed by atoms with Gasteiger partial charge in [0.05, 0.1) is 11.3 Å². The molecule has 2 rings (SSSR count). The molecule has 1 aromatic carbocycles. The second-order valence-corrected chi connectivity index (χ2v) is 4.58. The minimum absolute atomic E-state index is 0.151. The van der Waals surface area contributed by atoms with Gasteiger partial charge in [-0.3, -0.25) is 5.43 Å². The van der Waals surface area contributed by atoms with E-state index in [-0.39, 0.29) is 11.6 Å². The summed E-state index contributed by atoms with van der Waals surface area (Å²) in [4.78, 5) is 7.76. The summed E-state index contributed by atoms with van der Waals surface area (Å²) < 4.78 is 38.5. The van der Waals surface area contributed by atoms with Crippen LogP contribution in [-0.4, -0.2) is 9.97 Å². The van der Waals surface area contributed by atoms with Crippen molar-refractivity contribution >= 4 is 33.4 Å². The van der Waals surface area contributed by atoms with E-state index in [2.05, 4.69) is 36.6 Å². The van der Waals surface area contributed by atoms with E-state index in [0.29, 0.717) is 10.3 Å². The first kappa shape index (κ1) is 14.5. The molecule has 1 aromatic heterocycles. The summed E-state index contributed by atoms with van der Waals surface area (Å²) in [6.45, 7) is 0. The number of hydrogen-bond donors (Lipinski definition) is 3. The van der Waals surface area contributed by atoms with Crippen molar-refractivity contribution in [3.8, 4) is 0 Å². The van der Waals surface area contributed by atoms with Gasteiger partial charge in [0.2, 0.25) is 5.95 Å². The van der Waals surface area contributed by atoms with Crippen LogP contribution >= 0.6 is 15.9 Å². The highest BCUT2D eigenvalue weighted by Crippen LogP contribution is 2.34. The van der Waals surface area contributed by atoms with Gasteiger partial charge in [-0.15, -0.1) is 0 Å². The summed E-state index contributed by atoms with van der Waals surface area (Å²) in [5, 5.41) is 2.77. The zero-order valence-electron chi connectivity index (χ0n) is 9.87. The van der Waals surface area contributed by atoms with Crippen LogP contribution in [0.3, 0.4) is 0 Å². The Morgan fingerprint density at radius 2 is 1.95 bits per heavy atom. The average Bonchev–Trinajstić information content (AvgIpc) is 2.40. The van der Waals surface area contributed by atoms with Gasteiger partial charge in [-0.05, 0) is 40.2 Å². The van der Waals surface area contributed by atoms with E-state index in [1.165, 1.54) is 18.3 Å². The Balaban J connectivity index is 2.32. The third-order valence-corrected chi connectivity index (χ3v) is 3.03. The maximum atomic E-state index is 12.7. The van der Waals surface area contributed by atoms with Crippen molar-refractivity contribution in [2.24, 2.45) is 5.84 Å². The van der Waals surface area contributed by atoms with Gasteiger partial charge >= 0.3 is 6.18 Å². The molecule has 0 amide bonds. The number of aromatic nitrogens is 2. The molecule has 5 nitrogen and oxygen atoms in total. The highest BCUT2D eigenvalue weighted by Gasteiger charge is 2.30. The second-order valence-electron chi connectivity index (χ2n) is 3.73. The largest absolute Gasteiger partial charge is 0.416 e. The van der Waals surface area contributed by atoms with Crippen LogP contribution in [0.5, 0.6) is 0 Å². The lowest BCUT2D eigenvalue weighted by Crippen LogP contribution is -2.11. The molecule has 0 bridgehead atoms. The lowest BCUT2D eigenvalue weighted by Gasteiger charge is -2.12. The number of nitrogens with two attached hydrogens (primary N) is 1. The van der Waals surface area contributed by atoms with Crippen molar-refractivity contribution in [2.45, 2.75) is 6.18 Å². The quantitative estimate of drug-likeness (QED) is 0.586. The maximum Gasteiger partial charge on any atom is 0.416 e. The molecule has 0 aliphatic heterocycles. The normalized spacial score (nSPS) is 11.2. The smallest absolute Gasteiger partial charge is 0.339 e. The third-order valence-electron chi connectivity index (χ3n) is 2.34. The average molecular weight is 348 g/mol. The van der Waals surface area contributed by atoms with Crippen LogP contribution in [0, 0.1) is 0 Å². The zero-order valence-corrected chi connectivity index (χ0v) is 11.5. The Labute approximate surface area is 120 Å². The summed E-state index contributed by atoms with van der Waals surface area (Å²) in [7, 11) is 0. The lowest BCUT2D eigenvalue weighted by molar-refractivity contribution is -0.137. The fourth-order valence-corrected chi connectivity index (χ4v) is 1.78. The van der Waals surface area contributed by atoms with Crippen LogP contribution in [0.4, 0.5) is 30.6 Å². The zero-order chi connectivity index (χ0) is 14.8. The molecule has 1 heterocycles. The summed E-state index contributed by atoms with van der Waals surface area (Å²) >= 11 is 3.18. The first-order chi connectivity index (χ1) is 9.40. The molecule has 0 aliphatic carbocycles. The van der Waals surface area contributed by atoms with Crippen molar-refractivity contribution in [1.82, 2.24) is 9.97 Å². The van der Waals surface area contributed by atoms with Gasteiger partial charge in [0.25, 0.3) is 0 Å². The number of hydrazine groups is 1. The van der Waals surface area contributed by atoms with E-state index >= 15 is 0 Å². The Hall–Kier alpha value is -1.87. The SMILES string of the molecule is NNc1nccc(Nc2cc(C(F)(F)F)ccc2Br)n1. The predicted octanol–water partition coefficient (Wildman–Crippen LogP) is 3.29. The fourth-order valence-electron chi connectivity index (χ4n) is 1.43. The van der Waals surface area contributed by atoms with Crippen molar-refractivity contribution in [2.75, 3.05) is 10.7 Å². The van der Waals surface area contributed by atoms with Gasteiger partial charge in [0, 0.05) is 10.7 Å². The number of alkyl halides is 3. The molecule has 0 radical (unpaired) electrons. The first-order valence-electron chi connectivity index (χ1n) is 5.33. The number of benzene rings is 1. The highest BCUT2D eigenvalue weighted by atomic mass is 79.9. The number of nitrogens with zero attached hydrogens (tertiary/aromatic N) is 2. The molecule has 0 spiro atoms. The molecule has 0 aliphatic rings. The molecule has 0 saturated heterocycles. The molecule has 4 N–H and O–H groups in total. The van der Waals surface area contributed by atoms with Gasteiger partial charge in [-0.1, -0.05) is 0 Å². The van der Waals surface area contributed by atoms with Gasteiger partial charge < -0.3 is 5.32 Å². The van der Waals surface area contributed by atoms with Crippen LogP contribution < -0.4 is 16.6 Å². The minimum atomic E-state index is -4.41. The van der Waals surface area contributed by atoms with Crippen LogP contribution in [0.1, 0.15) is 5.56 Å². The predicted molar refractivity (Wildman–Crippen MR) is 72.3 cm³/mol. The fraction of sp³-hybridized carbons (Fsp3) is 0.0909. The highest BCUT2D eigenvalue weighted by molar-refractivity contribution is 9.10. The molecule has 0 fully saturated rings. The lowest BCUT2D eigenvalue weighted by atomic mass is 10.2. The van der Waals surface area contributed by atoms with E-state index in [1.54, 1.807) is 0 Å². The molecule has 106 valence electrons. The number of hydrogen-bond acceptors (Lipinski definition) is 5. The number of anilines is 3. The Bertz CT molecular complexity index is 617. The van der Waals surface area contributed by atoms with E-state index in [4.69, 9.17) is 5.84 Å². The first-order valence-corrected chi connectivity index (χ1v) is 6.13. The van der Waals surface area contributed by atoms with Crippen LogP contribution in [0.25, 0.3) is 0 Å². The standard InChI is InChI=1S/C11H9BrF3N5/c12-7-2-1-6(11(13,14)15)5-8(7)18-9-3-4-17-10(19-9)20-16/h1-5H,16H2,(H2,17,18,19,20). The van der Waals surface area contributed by atoms with Crippen LogP contribution in [0.15, 0.2) is 34.9 Å².